The zero-order valence-electron chi connectivity index (χ0n) is 19.5. The molecule has 3 aromatic rings. The van der Waals surface area contributed by atoms with E-state index in [9.17, 15) is 10.1 Å². The number of hydrogen-bond donors (Lipinski definition) is 0. The van der Waals surface area contributed by atoms with E-state index in [1.165, 1.54) is 24.6 Å². The number of ether oxygens (including phenoxy) is 2. The Morgan fingerprint density at radius 1 is 1.19 bits per heavy atom. The highest BCUT2D eigenvalue weighted by Crippen LogP contribution is 2.62. The lowest BCUT2D eigenvalue weighted by Crippen LogP contribution is -2.28. The number of rotatable bonds is 6. The highest BCUT2D eigenvalue weighted by molar-refractivity contribution is 5.90. The van der Waals surface area contributed by atoms with Crippen LogP contribution in [-0.2, 0) is 10.2 Å². The topological polar surface area (TPSA) is 105 Å². The number of carbonyl (C=O) groups excluding carboxylic acids is 1. The van der Waals surface area contributed by atoms with Crippen molar-refractivity contribution in [3.8, 4) is 23.1 Å². The molecule has 2 aromatic heterocycles. The van der Waals surface area contributed by atoms with Gasteiger partial charge >= 0.3 is 6.09 Å². The van der Waals surface area contributed by atoms with E-state index in [1.807, 2.05) is 7.05 Å². The van der Waals surface area contributed by atoms with Crippen molar-refractivity contribution in [1.82, 2.24) is 15.0 Å². The van der Waals surface area contributed by atoms with Gasteiger partial charge in [-0.15, -0.1) is 0 Å². The number of pyridine rings is 1. The summed E-state index contributed by atoms with van der Waals surface area (Å²) in [6.07, 6.45) is 0.757. The van der Waals surface area contributed by atoms with Crippen molar-refractivity contribution in [2.75, 3.05) is 38.2 Å². The molecule has 0 bridgehead atoms. The molecule has 12 heteroatoms. The number of fused-ring (bicyclic) bond motifs is 1. The van der Waals surface area contributed by atoms with Gasteiger partial charge in [0.25, 0.3) is 5.88 Å². The van der Waals surface area contributed by atoms with Gasteiger partial charge in [-0.05, 0) is 18.3 Å². The summed E-state index contributed by atoms with van der Waals surface area (Å²) < 4.78 is 60.4. The molecule has 2 saturated heterocycles. The number of amides is 1. The molecule has 1 unspecified atom stereocenters. The minimum atomic E-state index is -1.46. The number of anilines is 1. The quantitative estimate of drug-likeness (QED) is 0.463. The predicted octanol–water partition coefficient (Wildman–Crippen LogP) is 3.51. The maximum atomic E-state index is 15.1. The summed E-state index contributed by atoms with van der Waals surface area (Å²) >= 11 is 0. The van der Waals surface area contributed by atoms with Gasteiger partial charge in [-0.1, -0.05) is 6.07 Å². The van der Waals surface area contributed by atoms with Gasteiger partial charge in [-0.3, -0.25) is 9.88 Å². The molecule has 1 aliphatic carbocycles. The van der Waals surface area contributed by atoms with Gasteiger partial charge in [0.05, 0.1) is 29.6 Å². The molecule has 2 aliphatic heterocycles. The number of nitriles is 1. The molecule has 4 heterocycles. The van der Waals surface area contributed by atoms with Gasteiger partial charge in [-0.25, -0.2) is 18.0 Å². The lowest BCUT2D eigenvalue weighted by Gasteiger charge is -2.19. The van der Waals surface area contributed by atoms with Crippen molar-refractivity contribution in [1.29, 1.82) is 5.26 Å². The lowest BCUT2D eigenvalue weighted by atomic mass is 9.95. The molecule has 1 aromatic carbocycles. The second-order valence-corrected chi connectivity index (χ2v) is 9.49. The number of benzene rings is 1. The molecule has 9 nitrogen and oxygen atoms in total. The molecular weight excluding hydrogens is 491 g/mol. The van der Waals surface area contributed by atoms with Crippen LogP contribution in [0.15, 0.2) is 41.2 Å². The zero-order chi connectivity index (χ0) is 25.9. The number of cyclic esters (lactones) is 1. The summed E-state index contributed by atoms with van der Waals surface area (Å²) in [6.45, 7) is 1.27. The second kappa shape index (κ2) is 8.48. The molecule has 6 rings (SSSR count). The zero-order valence-corrected chi connectivity index (χ0v) is 19.5. The number of piperidine rings is 1. The maximum absolute atomic E-state index is 15.1. The first-order chi connectivity index (χ1) is 17.8. The van der Waals surface area contributed by atoms with Crippen LogP contribution in [0.1, 0.15) is 5.69 Å². The van der Waals surface area contributed by atoms with E-state index < -0.39 is 46.3 Å². The maximum Gasteiger partial charge on any atom is 0.414 e. The Hall–Kier alpha value is -4.11. The third kappa shape index (κ3) is 3.61. The van der Waals surface area contributed by atoms with Crippen LogP contribution in [0.3, 0.4) is 0 Å². The van der Waals surface area contributed by atoms with Crippen LogP contribution in [0.5, 0.6) is 5.88 Å². The number of carbonyl (C=O) groups is 1. The Kier molecular flexibility index (Phi) is 5.34. The molecular formula is C25H20F3N5O4. The second-order valence-electron chi connectivity index (χ2n) is 9.49. The fourth-order valence-electron chi connectivity index (χ4n) is 5.52. The van der Waals surface area contributed by atoms with Crippen LogP contribution in [0.4, 0.5) is 23.7 Å². The van der Waals surface area contributed by atoms with Crippen molar-refractivity contribution in [3.05, 3.63) is 59.9 Å². The van der Waals surface area contributed by atoms with Crippen LogP contribution in [0.2, 0.25) is 0 Å². The first-order valence-electron chi connectivity index (χ1n) is 11.6. The number of aromatic nitrogens is 2. The first-order valence-corrected chi connectivity index (χ1v) is 11.6. The van der Waals surface area contributed by atoms with Gasteiger partial charge in [0, 0.05) is 48.8 Å². The van der Waals surface area contributed by atoms with Crippen LogP contribution in [0, 0.1) is 40.6 Å². The standard InChI is InChI=1S/C25H20F3N5O4/c1-32-9-15-16(10-32)25(15,12-29)19-3-2-13(7-30-19)21-17(26)6-18(22(27)23(21)28)33-8-14(37-24(33)34)11-35-20-4-5-36-31-20/h2-7,14-16H,8-11H2,1H3/t14-,15-,16+,25?/m1/s1. The smallest absolute Gasteiger partial charge is 0.414 e. The third-order valence-corrected chi connectivity index (χ3v) is 7.36. The monoisotopic (exact) mass is 511 g/mol. The highest BCUT2D eigenvalue weighted by atomic mass is 19.2. The summed E-state index contributed by atoms with van der Waals surface area (Å²) in [5.74, 6) is -3.44. The third-order valence-electron chi connectivity index (χ3n) is 7.36. The summed E-state index contributed by atoms with van der Waals surface area (Å²) in [4.78, 5) is 19.6. The Bertz CT molecular complexity index is 1400. The SMILES string of the molecule is CN1C[C@@H]2[C@H](C1)C2(C#N)c1ccc(-c2c(F)cc(N3C[C@H](COc4ccon4)OC3=O)c(F)c2F)cn1. The molecule has 37 heavy (non-hydrogen) atoms. The molecule has 1 saturated carbocycles. The molecule has 0 spiro atoms. The highest BCUT2D eigenvalue weighted by Gasteiger charge is 2.70. The molecule has 3 aliphatic rings. The largest absolute Gasteiger partial charge is 0.471 e. The van der Waals surface area contributed by atoms with Gasteiger partial charge in [-0.2, -0.15) is 5.26 Å². The lowest BCUT2D eigenvalue weighted by molar-refractivity contribution is 0.101. The predicted molar refractivity (Wildman–Crippen MR) is 121 cm³/mol. The van der Waals surface area contributed by atoms with Gasteiger partial charge in [0.2, 0.25) is 0 Å². The first kappa shape index (κ1) is 23.3. The fourth-order valence-corrected chi connectivity index (χ4v) is 5.52. The van der Waals surface area contributed by atoms with Crippen molar-refractivity contribution in [2.45, 2.75) is 11.5 Å². The normalized spacial score (nSPS) is 26.6. The molecule has 1 amide bonds. The van der Waals surface area contributed by atoms with Crippen LogP contribution < -0.4 is 9.64 Å². The van der Waals surface area contributed by atoms with Gasteiger partial charge in [0.1, 0.15) is 24.1 Å². The van der Waals surface area contributed by atoms with E-state index in [2.05, 4.69) is 25.6 Å². The van der Waals surface area contributed by atoms with Gasteiger partial charge < -0.3 is 18.9 Å². The summed E-state index contributed by atoms with van der Waals surface area (Å²) in [6, 6.07) is 7.59. The van der Waals surface area contributed by atoms with E-state index in [4.69, 9.17) is 9.47 Å². The van der Waals surface area contributed by atoms with Crippen LogP contribution in [-0.4, -0.2) is 60.5 Å². The van der Waals surface area contributed by atoms with E-state index in [1.54, 1.807) is 6.07 Å². The number of hydrogen-bond acceptors (Lipinski definition) is 8. The Morgan fingerprint density at radius 2 is 1.97 bits per heavy atom. The van der Waals surface area contributed by atoms with Crippen LogP contribution >= 0.6 is 0 Å². The molecule has 0 radical (unpaired) electrons. The average molecular weight is 511 g/mol. The number of nitrogens with zero attached hydrogens (tertiary/aromatic N) is 5. The van der Waals surface area contributed by atoms with E-state index in [0.717, 1.165) is 24.1 Å². The molecule has 190 valence electrons. The Labute approximate surface area is 209 Å². The number of likely N-dealkylation sites (tertiary alicyclic amines) is 1. The molecule has 3 fully saturated rings. The van der Waals surface area contributed by atoms with Crippen molar-refractivity contribution in [3.63, 3.8) is 0 Å². The summed E-state index contributed by atoms with van der Waals surface area (Å²) in [7, 11) is 1.99. The molecule has 4 atom stereocenters. The molecule has 0 N–H and O–H groups in total. The Balaban J connectivity index is 1.23. The van der Waals surface area contributed by atoms with Crippen molar-refractivity contribution in [2.24, 2.45) is 11.8 Å². The van der Waals surface area contributed by atoms with E-state index in [-0.39, 0.29) is 36.4 Å². The fraction of sp³-hybridized carbons (Fsp3) is 0.360. The number of halogens is 3. The average Bonchev–Trinajstić information content (AvgIpc) is 3.38. The Morgan fingerprint density at radius 3 is 2.62 bits per heavy atom. The van der Waals surface area contributed by atoms with E-state index in [0.29, 0.717) is 5.69 Å². The summed E-state index contributed by atoms with van der Waals surface area (Å²) in [5, 5.41) is 13.4. The van der Waals surface area contributed by atoms with E-state index >= 15 is 13.2 Å². The minimum Gasteiger partial charge on any atom is -0.471 e. The minimum absolute atomic E-state index is 0.0168. The van der Waals surface area contributed by atoms with Crippen LogP contribution in [0.25, 0.3) is 11.1 Å². The van der Waals surface area contributed by atoms with Gasteiger partial charge in [0.15, 0.2) is 17.7 Å². The summed E-state index contributed by atoms with van der Waals surface area (Å²) in [5.41, 5.74) is -1.35. The van der Waals surface area contributed by atoms with Crippen molar-refractivity contribution < 1.29 is 32.0 Å². The van der Waals surface area contributed by atoms with Crippen molar-refractivity contribution >= 4 is 11.8 Å².